The largest absolute Gasteiger partial charge is 0.743 e. The van der Waals surface area contributed by atoms with E-state index in [0.717, 1.165) is 12.8 Å². The van der Waals surface area contributed by atoms with E-state index in [-0.39, 0.29) is 12.3 Å². The summed E-state index contributed by atoms with van der Waals surface area (Å²) in [6, 6.07) is 0. The van der Waals surface area contributed by atoms with Crippen LogP contribution < -0.4 is 11.1 Å². The molecule has 1 unspecified atom stereocenters. The van der Waals surface area contributed by atoms with Crippen LogP contribution in [0.25, 0.3) is 0 Å². The molecule has 0 saturated carbocycles. The van der Waals surface area contributed by atoms with Crippen molar-refractivity contribution >= 4 is 16.0 Å². The molecule has 0 bridgehead atoms. The molecule has 7 heteroatoms. The van der Waals surface area contributed by atoms with Crippen LogP contribution in [-0.4, -0.2) is 30.3 Å². The van der Waals surface area contributed by atoms with Gasteiger partial charge in [0, 0.05) is 24.8 Å². The molecular weight excluding hydrogens is 388 g/mol. The number of rotatable bonds is 17. The maximum atomic E-state index is 11.9. The van der Waals surface area contributed by atoms with Gasteiger partial charge in [-0.2, -0.15) is 0 Å². The van der Waals surface area contributed by atoms with Crippen LogP contribution in [0, 0.1) is 5.41 Å². The fourth-order valence-corrected chi connectivity index (χ4v) is 4.66. The highest BCUT2D eigenvalue weighted by Crippen LogP contribution is 2.34. The second-order valence-corrected chi connectivity index (χ2v) is 11.1. The van der Waals surface area contributed by atoms with Crippen molar-refractivity contribution in [1.29, 1.82) is 0 Å². The third-order valence-electron chi connectivity index (χ3n) is 5.93. The van der Waals surface area contributed by atoms with Gasteiger partial charge in [-0.05, 0) is 12.8 Å². The second-order valence-electron chi connectivity index (χ2n) is 9.44. The van der Waals surface area contributed by atoms with E-state index in [1.807, 2.05) is 0 Å². The van der Waals surface area contributed by atoms with Crippen LogP contribution in [0.1, 0.15) is 118 Å². The van der Waals surface area contributed by atoms with Crippen molar-refractivity contribution in [3.05, 3.63) is 0 Å². The van der Waals surface area contributed by atoms with E-state index in [2.05, 4.69) is 18.0 Å². The van der Waals surface area contributed by atoms with Gasteiger partial charge in [0.25, 0.3) is 0 Å². The molecule has 0 spiro atoms. The van der Waals surface area contributed by atoms with Gasteiger partial charge in [0.1, 0.15) is 0 Å². The van der Waals surface area contributed by atoms with Crippen molar-refractivity contribution in [1.82, 2.24) is 5.32 Å². The predicted molar refractivity (Wildman–Crippen MR) is 118 cm³/mol. The molecule has 4 N–H and O–H groups in total. The first-order valence-corrected chi connectivity index (χ1v) is 12.9. The van der Waals surface area contributed by atoms with E-state index < -0.39 is 20.4 Å². The molecule has 0 aromatic rings. The first kappa shape index (κ1) is 28.3. The van der Waals surface area contributed by atoms with Gasteiger partial charge in [-0.15, -0.1) is 0 Å². The number of hydrogen-bond acceptors (Lipinski definition) is 4. The number of unbranched alkanes of at least 4 members (excludes halogenated alkanes) is 10. The molecule has 0 rings (SSSR count). The van der Waals surface area contributed by atoms with Gasteiger partial charge in [0.2, 0.25) is 5.91 Å². The predicted octanol–water partition coefficient (Wildman–Crippen LogP) is 4.11. The van der Waals surface area contributed by atoms with Crippen LogP contribution in [0.2, 0.25) is 0 Å². The highest BCUT2D eigenvalue weighted by Gasteiger charge is 2.48. The lowest BCUT2D eigenvalue weighted by atomic mass is 9.84. The minimum absolute atomic E-state index is 0.00340. The molecule has 0 aromatic heterocycles. The van der Waals surface area contributed by atoms with Crippen LogP contribution >= 0.6 is 0 Å². The summed E-state index contributed by atoms with van der Waals surface area (Å²) in [6.45, 7) is 7.74. The fraction of sp³-hybridized carbons (Fsp3) is 0.955. The molecule has 0 aliphatic carbocycles. The molecule has 0 heterocycles. The third-order valence-corrected chi connectivity index (χ3v) is 7.71. The average Bonchev–Trinajstić information content (AvgIpc) is 2.61. The molecule has 6 nitrogen and oxygen atoms in total. The van der Waals surface area contributed by atoms with Gasteiger partial charge in [-0.1, -0.05) is 91.9 Å². The molecule has 1 atom stereocenters. The van der Waals surface area contributed by atoms with Crippen molar-refractivity contribution in [3.8, 4) is 0 Å². The number of carbonyl (C=O) groups excluding carboxylic acids is 1. The summed E-state index contributed by atoms with van der Waals surface area (Å²) in [5.74, 6) is -0.00340. The van der Waals surface area contributed by atoms with Crippen LogP contribution in [-0.2, 0) is 14.9 Å². The Balaban J connectivity index is 3.78. The Bertz CT molecular complexity index is 544. The molecule has 0 saturated heterocycles. The standard InChI is InChI=1S/C22H46N2O4S/c1-5-6-7-8-9-10-11-12-13-14-15-17-20(25)24-19-16-18-22(23,21(2,3)4)29(26,27)28/h5-19,23H2,1-4H3,(H,24,25)(H,26,27,28). The summed E-state index contributed by atoms with van der Waals surface area (Å²) in [7, 11) is -4.53. The SMILES string of the molecule is CCCCCCCCCCCCCC(=O)NCCCC([NH3+])(C(C)(C)C)S(=O)(=O)[O-]. The number of amides is 1. The van der Waals surface area contributed by atoms with Crippen LogP contribution in [0.5, 0.6) is 0 Å². The molecule has 0 aliphatic rings. The second kappa shape index (κ2) is 14.4. The number of carbonyl (C=O) groups is 1. The third kappa shape index (κ3) is 11.9. The van der Waals surface area contributed by atoms with Crippen molar-refractivity contribution < 1.29 is 23.5 Å². The zero-order valence-electron chi connectivity index (χ0n) is 19.4. The molecule has 174 valence electrons. The molecule has 29 heavy (non-hydrogen) atoms. The number of hydrogen-bond donors (Lipinski definition) is 2. The van der Waals surface area contributed by atoms with E-state index >= 15 is 0 Å². The molecule has 0 aromatic carbocycles. The molecule has 0 aliphatic heterocycles. The Kier molecular flexibility index (Phi) is 14.0. The van der Waals surface area contributed by atoms with Gasteiger partial charge in [0.05, 0.1) is 0 Å². The normalized spacial score (nSPS) is 14.6. The smallest absolute Gasteiger partial charge is 0.219 e. The van der Waals surface area contributed by atoms with E-state index in [4.69, 9.17) is 0 Å². The summed E-state index contributed by atoms with van der Waals surface area (Å²) >= 11 is 0. The zero-order valence-corrected chi connectivity index (χ0v) is 20.2. The molecule has 0 fully saturated rings. The summed E-state index contributed by atoms with van der Waals surface area (Å²) in [5.41, 5.74) is 2.97. The molecular formula is C22H46N2O4S. The van der Waals surface area contributed by atoms with Crippen molar-refractivity contribution in [2.75, 3.05) is 6.54 Å². The molecule has 1 amide bonds. The van der Waals surface area contributed by atoms with Gasteiger partial charge >= 0.3 is 0 Å². The van der Waals surface area contributed by atoms with Crippen LogP contribution in [0.15, 0.2) is 0 Å². The Hall–Kier alpha value is -0.660. The van der Waals surface area contributed by atoms with E-state index in [1.165, 1.54) is 57.8 Å². The van der Waals surface area contributed by atoms with Gasteiger partial charge in [-0.25, -0.2) is 8.42 Å². The van der Waals surface area contributed by atoms with Gasteiger partial charge < -0.3 is 15.6 Å². The van der Waals surface area contributed by atoms with Crippen molar-refractivity contribution in [2.45, 2.75) is 122 Å². The van der Waals surface area contributed by atoms with E-state index in [1.54, 1.807) is 20.8 Å². The minimum atomic E-state index is -4.53. The summed E-state index contributed by atoms with van der Waals surface area (Å²) in [4.78, 5) is 10.3. The van der Waals surface area contributed by atoms with Crippen molar-refractivity contribution in [3.63, 3.8) is 0 Å². The number of quaternary nitrogens is 1. The highest BCUT2D eigenvalue weighted by molar-refractivity contribution is 7.86. The summed E-state index contributed by atoms with van der Waals surface area (Å²) in [5, 5.41) is 2.83. The Labute approximate surface area is 179 Å². The Morgan fingerprint density at radius 2 is 1.31 bits per heavy atom. The first-order valence-electron chi connectivity index (χ1n) is 11.5. The maximum absolute atomic E-state index is 11.9. The lowest BCUT2D eigenvalue weighted by molar-refractivity contribution is -0.470. The van der Waals surface area contributed by atoms with Gasteiger partial charge in [0.15, 0.2) is 15.0 Å². The Morgan fingerprint density at radius 3 is 1.72 bits per heavy atom. The lowest BCUT2D eigenvalue weighted by Gasteiger charge is -2.39. The summed E-state index contributed by atoms with van der Waals surface area (Å²) < 4.78 is 35.0. The van der Waals surface area contributed by atoms with Crippen molar-refractivity contribution in [2.24, 2.45) is 5.41 Å². The minimum Gasteiger partial charge on any atom is -0.743 e. The van der Waals surface area contributed by atoms with E-state index in [9.17, 15) is 17.8 Å². The van der Waals surface area contributed by atoms with E-state index in [0.29, 0.717) is 19.4 Å². The zero-order chi connectivity index (χ0) is 22.4. The monoisotopic (exact) mass is 434 g/mol. The Morgan fingerprint density at radius 1 is 0.862 bits per heavy atom. The highest BCUT2D eigenvalue weighted by atomic mass is 32.2. The molecule has 0 radical (unpaired) electrons. The summed E-state index contributed by atoms with van der Waals surface area (Å²) in [6.07, 6.45) is 14.8. The van der Waals surface area contributed by atoms with Gasteiger partial charge in [-0.3, -0.25) is 4.79 Å². The first-order chi connectivity index (χ1) is 13.5. The maximum Gasteiger partial charge on any atom is 0.219 e. The van der Waals surface area contributed by atoms with Crippen LogP contribution in [0.3, 0.4) is 0 Å². The van der Waals surface area contributed by atoms with Crippen LogP contribution in [0.4, 0.5) is 0 Å². The topological polar surface area (TPSA) is 114 Å². The number of nitrogens with one attached hydrogen (secondary N) is 1. The fourth-order valence-electron chi connectivity index (χ4n) is 3.51. The lowest BCUT2D eigenvalue weighted by Crippen LogP contribution is -2.81. The quantitative estimate of drug-likeness (QED) is 0.265. The average molecular weight is 435 g/mol.